The van der Waals surface area contributed by atoms with E-state index in [0.717, 1.165) is 31.6 Å². The van der Waals surface area contributed by atoms with Crippen molar-refractivity contribution in [2.75, 3.05) is 26.7 Å². The number of likely N-dealkylation sites (tertiary alicyclic amines) is 1. The van der Waals surface area contributed by atoms with Gasteiger partial charge in [0.2, 0.25) is 5.91 Å². The van der Waals surface area contributed by atoms with E-state index in [-0.39, 0.29) is 36.2 Å². The number of piperidine rings is 1. The Labute approximate surface area is 201 Å². The van der Waals surface area contributed by atoms with Crippen LogP contribution in [-0.2, 0) is 22.6 Å². The monoisotopic (exact) mass is 468 g/mol. The third-order valence-corrected chi connectivity index (χ3v) is 6.32. The largest absolute Gasteiger partial charge is 0.390 e. The number of carbonyl (C=O) groups is 2. The second kappa shape index (κ2) is 12.4. The van der Waals surface area contributed by atoms with E-state index < -0.39 is 6.10 Å². The van der Waals surface area contributed by atoms with Crippen molar-refractivity contribution in [3.63, 3.8) is 0 Å². The number of aliphatic hydroxyl groups excluding tert-OH is 1. The molecule has 3 rings (SSSR count). The van der Waals surface area contributed by atoms with Crippen molar-refractivity contribution < 1.29 is 14.7 Å². The first kappa shape index (κ1) is 25.6. The minimum atomic E-state index is -0.729. The fourth-order valence-electron chi connectivity index (χ4n) is 4.37. The first-order valence-electron chi connectivity index (χ1n) is 11.8. The minimum Gasteiger partial charge on any atom is -0.390 e. The van der Waals surface area contributed by atoms with Gasteiger partial charge in [0.25, 0.3) is 5.91 Å². The molecule has 2 aliphatic heterocycles. The summed E-state index contributed by atoms with van der Waals surface area (Å²) < 4.78 is 0. The Bertz CT molecular complexity index is 950. The molecule has 4 N–H and O–H groups in total. The van der Waals surface area contributed by atoms with Gasteiger partial charge in [0.1, 0.15) is 12.1 Å². The Balaban J connectivity index is 1.54. The van der Waals surface area contributed by atoms with E-state index in [4.69, 9.17) is 0 Å². The van der Waals surface area contributed by atoms with Crippen molar-refractivity contribution in [3.05, 3.63) is 47.2 Å². The number of nitrogens with one attached hydrogen (secondary N) is 3. The number of aliphatic hydroxyl groups is 1. The summed E-state index contributed by atoms with van der Waals surface area (Å²) in [4.78, 5) is 34.2. The molecular formula is C25H36N6O3. The zero-order valence-electron chi connectivity index (χ0n) is 20.3. The molecular weight excluding hydrogens is 432 g/mol. The van der Waals surface area contributed by atoms with Crippen LogP contribution in [0.2, 0.25) is 0 Å². The first-order valence-corrected chi connectivity index (χ1v) is 11.8. The van der Waals surface area contributed by atoms with Crippen molar-refractivity contribution in [1.82, 2.24) is 20.9 Å². The van der Waals surface area contributed by atoms with Crippen LogP contribution in [0.4, 0.5) is 0 Å². The smallest absolute Gasteiger partial charge is 0.270 e. The Morgan fingerprint density at radius 2 is 1.94 bits per heavy atom. The maximum Gasteiger partial charge on any atom is 0.270 e. The highest BCUT2D eigenvalue weighted by molar-refractivity contribution is 6.44. The van der Waals surface area contributed by atoms with Gasteiger partial charge in [0.15, 0.2) is 0 Å². The Hall–Kier alpha value is -3.04. The van der Waals surface area contributed by atoms with Crippen LogP contribution < -0.4 is 16.0 Å². The SMILES string of the molecule is C\N=C/N=C(\C=C(/C)NC1CCN(C(C)=O)CC1)C(=O)NC[C@@H](O)[C@@H]1Cc2ccccc2CN1. The zero-order valence-corrected chi connectivity index (χ0v) is 20.3. The summed E-state index contributed by atoms with van der Waals surface area (Å²) in [5, 5.41) is 20.2. The molecule has 0 bridgehead atoms. The van der Waals surface area contributed by atoms with E-state index in [1.54, 1.807) is 20.0 Å². The molecule has 0 aromatic heterocycles. The molecule has 1 aromatic carbocycles. The third-order valence-electron chi connectivity index (χ3n) is 6.32. The van der Waals surface area contributed by atoms with Gasteiger partial charge < -0.3 is 26.0 Å². The van der Waals surface area contributed by atoms with Gasteiger partial charge in [-0.1, -0.05) is 24.3 Å². The fourth-order valence-corrected chi connectivity index (χ4v) is 4.37. The average Bonchev–Trinajstić information content (AvgIpc) is 2.84. The molecule has 0 spiro atoms. The van der Waals surface area contributed by atoms with Crippen LogP contribution in [0.15, 0.2) is 46.0 Å². The molecule has 0 radical (unpaired) electrons. The number of carbonyl (C=O) groups excluding carboxylic acids is 2. The highest BCUT2D eigenvalue weighted by Gasteiger charge is 2.25. The Kier molecular flexibility index (Phi) is 9.35. The quantitative estimate of drug-likeness (QED) is 0.332. The Morgan fingerprint density at radius 3 is 2.62 bits per heavy atom. The molecule has 2 amide bonds. The molecule has 9 heteroatoms. The van der Waals surface area contributed by atoms with Gasteiger partial charge in [-0.3, -0.25) is 14.6 Å². The first-order chi connectivity index (χ1) is 16.4. The molecule has 2 aliphatic rings. The van der Waals surface area contributed by atoms with Gasteiger partial charge in [0.05, 0.1) is 6.10 Å². The molecule has 0 aliphatic carbocycles. The zero-order chi connectivity index (χ0) is 24.5. The van der Waals surface area contributed by atoms with E-state index in [9.17, 15) is 14.7 Å². The van der Waals surface area contributed by atoms with Gasteiger partial charge in [-0.2, -0.15) is 0 Å². The molecule has 1 saturated heterocycles. The van der Waals surface area contributed by atoms with Gasteiger partial charge in [0, 0.05) is 57.9 Å². The second-order valence-corrected chi connectivity index (χ2v) is 8.88. The molecule has 2 heterocycles. The molecule has 2 atom stereocenters. The van der Waals surface area contributed by atoms with Crippen molar-refractivity contribution in [2.45, 2.75) is 57.8 Å². The molecule has 1 aromatic rings. The number of nitrogens with zero attached hydrogens (tertiary/aromatic N) is 3. The van der Waals surface area contributed by atoms with E-state index in [1.165, 1.54) is 17.5 Å². The summed E-state index contributed by atoms with van der Waals surface area (Å²) in [6, 6.07) is 8.28. The van der Waals surface area contributed by atoms with E-state index in [2.05, 4.69) is 38.1 Å². The lowest BCUT2D eigenvalue weighted by Crippen LogP contribution is -2.49. The average molecular weight is 469 g/mol. The van der Waals surface area contributed by atoms with Gasteiger partial charge >= 0.3 is 0 Å². The van der Waals surface area contributed by atoms with Gasteiger partial charge in [-0.25, -0.2) is 4.99 Å². The lowest BCUT2D eigenvalue weighted by Gasteiger charge is -2.32. The number of allylic oxidation sites excluding steroid dienone is 1. The summed E-state index contributed by atoms with van der Waals surface area (Å²) >= 11 is 0. The summed E-state index contributed by atoms with van der Waals surface area (Å²) in [7, 11) is 1.59. The highest BCUT2D eigenvalue weighted by atomic mass is 16.3. The van der Waals surface area contributed by atoms with Crippen LogP contribution in [0.3, 0.4) is 0 Å². The summed E-state index contributed by atoms with van der Waals surface area (Å²) in [6.45, 7) is 5.75. The minimum absolute atomic E-state index is 0.102. The lowest BCUT2D eigenvalue weighted by molar-refractivity contribution is -0.129. The predicted molar refractivity (Wildman–Crippen MR) is 134 cm³/mol. The van der Waals surface area contributed by atoms with Crippen LogP contribution in [0.5, 0.6) is 0 Å². The van der Waals surface area contributed by atoms with E-state index in [1.807, 2.05) is 24.0 Å². The van der Waals surface area contributed by atoms with Crippen LogP contribution >= 0.6 is 0 Å². The normalized spacial score (nSPS) is 20.7. The van der Waals surface area contributed by atoms with Crippen LogP contribution in [-0.4, -0.2) is 78.7 Å². The van der Waals surface area contributed by atoms with Crippen molar-refractivity contribution in [1.29, 1.82) is 0 Å². The van der Waals surface area contributed by atoms with Gasteiger partial charge in [-0.15, -0.1) is 0 Å². The topological polar surface area (TPSA) is 118 Å². The maximum absolute atomic E-state index is 12.8. The summed E-state index contributed by atoms with van der Waals surface area (Å²) in [5.41, 5.74) is 3.48. The van der Waals surface area contributed by atoms with Crippen molar-refractivity contribution >= 4 is 23.9 Å². The van der Waals surface area contributed by atoms with Crippen molar-refractivity contribution in [2.24, 2.45) is 9.98 Å². The number of hydrogen-bond donors (Lipinski definition) is 4. The second-order valence-electron chi connectivity index (χ2n) is 8.88. The molecule has 0 unspecified atom stereocenters. The number of fused-ring (bicyclic) bond motifs is 1. The number of aliphatic imine (C=N–C) groups is 2. The van der Waals surface area contributed by atoms with Gasteiger partial charge in [-0.05, 0) is 43.4 Å². The van der Waals surface area contributed by atoms with Crippen LogP contribution in [0.1, 0.15) is 37.8 Å². The standard InChI is InChI=1S/C25H36N6O3/c1-17(30-21-8-10-31(11-9-21)18(2)32)12-23(29-16-26-3)25(34)28-15-24(33)22-13-19-6-4-5-7-20(19)14-27-22/h4-7,12,16,21-22,24,27,30,33H,8-11,13-15H2,1-3H3,(H,28,34)/b17-12+,26-16-,29-23+/t22-,24+/m0/s1. The fraction of sp³-hybridized carbons (Fsp3) is 0.520. The molecule has 9 nitrogen and oxygen atoms in total. The lowest BCUT2D eigenvalue weighted by atomic mass is 9.93. The Morgan fingerprint density at radius 1 is 1.24 bits per heavy atom. The maximum atomic E-state index is 12.8. The highest BCUT2D eigenvalue weighted by Crippen LogP contribution is 2.17. The summed E-state index contributed by atoms with van der Waals surface area (Å²) in [6.07, 6.45) is 4.71. The number of rotatable bonds is 8. The van der Waals surface area contributed by atoms with Crippen LogP contribution in [0, 0.1) is 0 Å². The molecule has 184 valence electrons. The number of hydrogen-bond acceptors (Lipinski definition) is 6. The van der Waals surface area contributed by atoms with Crippen LogP contribution in [0.25, 0.3) is 0 Å². The molecule has 34 heavy (non-hydrogen) atoms. The molecule has 0 saturated carbocycles. The van der Waals surface area contributed by atoms with E-state index in [0.29, 0.717) is 13.0 Å². The molecule has 1 fully saturated rings. The third kappa shape index (κ3) is 7.23. The number of amides is 2. The summed E-state index contributed by atoms with van der Waals surface area (Å²) in [5.74, 6) is -0.270. The number of benzene rings is 1. The van der Waals surface area contributed by atoms with Crippen molar-refractivity contribution in [3.8, 4) is 0 Å². The van der Waals surface area contributed by atoms with E-state index >= 15 is 0 Å². The predicted octanol–water partition coefficient (Wildman–Crippen LogP) is 0.781.